The van der Waals surface area contributed by atoms with Gasteiger partial charge in [-0.15, -0.1) is 0 Å². The van der Waals surface area contributed by atoms with E-state index >= 15 is 0 Å². The highest BCUT2D eigenvalue weighted by Crippen LogP contribution is 2.75. The van der Waals surface area contributed by atoms with E-state index < -0.39 is 23.4 Å². The van der Waals surface area contributed by atoms with Crippen LogP contribution in [0.2, 0.25) is 0 Å². The summed E-state index contributed by atoms with van der Waals surface area (Å²) in [6.45, 7) is 3.57. The Kier molecular flexibility index (Phi) is 3.08. The first-order chi connectivity index (χ1) is 12.2. The van der Waals surface area contributed by atoms with Crippen LogP contribution in [0.25, 0.3) is 0 Å². The highest BCUT2D eigenvalue weighted by Gasteiger charge is 2.81. The summed E-state index contributed by atoms with van der Waals surface area (Å²) in [6, 6.07) is 0. The Morgan fingerprint density at radius 1 is 1.31 bits per heavy atom. The van der Waals surface area contributed by atoms with Gasteiger partial charge in [-0.25, -0.2) is 0 Å². The molecule has 0 unspecified atom stereocenters. The molecule has 0 aromatic rings. The average molecular weight is 358 g/mol. The van der Waals surface area contributed by atoms with Gasteiger partial charge in [0.2, 0.25) is 0 Å². The minimum Gasteiger partial charge on any atom is -0.388 e. The number of ketones is 2. The number of epoxide rings is 1. The van der Waals surface area contributed by atoms with Crippen LogP contribution in [-0.4, -0.2) is 45.7 Å². The Bertz CT molecular complexity index is 783. The van der Waals surface area contributed by atoms with E-state index in [9.17, 15) is 19.8 Å². The van der Waals surface area contributed by atoms with Crippen LogP contribution in [0.5, 0.6) is 0 Å². The summed E-state index contributed by atoms with van der Waals surface area (Å²) in [6.07, 6.45) is 9.04. The maximum atomic E-state index is 12.4. The van der Waals surface area contributed by atoms with Gasteiger partial charge in [-0.1, -0.05) is 18.6 Å². The van der Waals surface area contributed by atoms with Crippen molar-refractivity contribution < 1.29 is 24.5 Å². The quantitative estimate of drug-likeness (QED) is 0.734. The van der Waals surface area contributed by atoms with E-state index in [0.29, 0.717) is 12.8 Å². The van der Waals surface area contributed by atoms with E-state index in [0.717, 1.165) is 24.8 Å². The third-order valence-corrected chi connectivity index (χ3v) is 8.69. The number of carbonyl (C=O) groups is 2. The van der Waals surface area contributed by atoms with Gasteiger partial charge in [-0.3, -0.25) is 9.59 Å². The summed E-state index contributed by atoms with van der Waals surface area (Å²) in [5, 5.41) is 20.6. The zero-order chi connectivity index (χ0) is 18.5. The fourth-order valence-electron chi connectivity index (χ4n) is 7.24. The van der Waals surface area contributed by atoms with E-state index in [-0.39, 0.29) is 34.7 Å². The van der Waals surface area contributed by atoms with E-state index in [1.165, 1.54) is 0 Å². The molecule has 5 aliphatic rings. The molecule has 26 heavy (non-hydrogen) atoms. The number of carbonyl (C=O) groups excluding carboxylic acids is 2. The van der Waals surface area contributed by atoms with Crippen LogP contribution in [0.1, 0.15) is 46.0 Å². The summed E-state index contributed by atoms with van der Waals surface area (Å²) >= 11 is 0. The first kappa shape index (κ1) is 16.8. The van der Waals surface area contributed by atoms with Crippen molar-refractivity contribution in [3.8, 4) is 0 Å². The molecule has 1 heterocycles. The van der Waals surface area contributed by atoms with Crippen molar-refractivity contribution in [2.24, 2.45) is 22.7 Å². The van der Waals surface area contributed by atoms with Gasteiger partial charge in [-0.05, 0) is 63.0 Å². The van der Waals surface area contributed by atoms with Crippen LogP contribution in [0.4, 0.5) is 0 Å². The van der Waals surface area contributed by atoms with Gasteiger partial charge in [0, 0.05) is 10.8 Å². The fraction of sp³-hybridized carbons (Fsp3) is 0.714. The van der Waals surface area contributed by atoms with Crippen molar-refractivity contribution in [2.75, 3.05) is 6.61 Å². The van der Waals surface area contributed by atoms with Crippen LogP contribution < -0.4 is 0 Å². The predicted molar refractivity (Wildman–Crippen MR) is 93.2 cm³/mol. The number of aliphatic hydroxyl groups is 2. The van der Waals surface area contributed by atoms with Crippen LogP contribution in [0.15, 0.2) is 23.8 Å². The topological polar surface area (TPSA) is 87.1 Å². The maximum absolute atomic E-state index is 12.4. The van der Waals surface area contributed by atoms with Crippen molar-refractivity contribution in [1.82, 2.24) is 0 Å². The second-order valence-corrected chi connectivity index (χ2v) is 9.36. The Balaban J connectivity index is 1.58. The fourth-order valence-corrected chi connectivity index (χ4v) is 7.24. The van der Waals surface area contributed by atoms with Crippen molar-refractivity contribution in [1.29, 1.82) is 0 Å². The smallest absolute Gasteiger partial charge is 0.190 e. The van der Waals surface area contributed by atoms with Gasteiger partial charge in [0.1, 0.15) is 17.8 Å². The van der Waals surface area contributed by atoms with Crippen LogP contribution in [-0.2, 0) is 14.3 Å². The van der Waals surface area contributed by atoms with Crippen molar-refractivity contribution in [3.05, 3.63) is 23.8 Å². The van der Waals surface area contributed by atoms with E-state index in [2.05, 4.69) is 6.92 Å². The Morgan fingerprint density at radius 2 is 2.08 bits per heavy atom. The molecule has 1 spiro atoms. The number of hydrogen-bond donors (Lipinski definition) is 2. The SMILES string of the molecule is C[C@]12C=CC(=O)C=C1CC[C@@H]1[C@@H]3CC[C@](O)(C(=O)CO)[C@@]3(C)C[C@@H]3O[C@@]312. The van der Waals surface area contributed by atoms with E-state index in [4.69, 9.17) is 4.74 Å². The van der Waals surface area contributed by atoms with Gasteiger partial charge in [0.05, 0.1) is 6.10 Å². The molecule has 5 nitrogen and oxygen atoms in total. The molecule has 0 aromatic heterocycles. The second-order valence-electron chi connectivity index (χ2n) is 9.36. The summed E-state index contributed by atoms with van der Waals surface area (Å²) in [5.41, 5.74) is -1.45. The zero-order valence-electron chi connectivity index (χ0n) is 15.3. The van der Waals surface area contributed by atoms with Crippen molar-refractivity contribution in [3.63, 3.8) is 0 Å². The Labute approximate surface area is 153 Å². The van der Waals surface area contributed by atoms with E-state index in [1.807, 2.05) is 13.0 Å². The molecule has 140 valence electrons. The molecule has 3 saturated carbocycles. The van der Waals surface area contributed by atoms with Crippen LogP contribution in [0, 0.1) is 22.7 Å². The Hall–Kier alpha value is -1.30. The lowest BCUT2D eigenvalue weighted by atomic mass is 9.47. The summed E-state index contributed by atoms with van der Waals surface area (Å²) in [4.78, 5) is 24.3. The summed E-state index contributed by atoms with van der Waals surface area (Å²) < 4.78 is 6.40. The standard InChI is InChI=1S/C21H26O5/c1-18-7-5-13(23)9-12(18)3-4-15-14-6-8-20(25,16(24)11-22)19(14,2)10-17-21(15,18)26-17/h5,7,9,14-15,17,22,25H,3-4,6,8,10-11H2,1-2H3/t14-,15+,17-,18-,19-,20-,21+/m0/s1. The molecule has 0 radical (unpaired) electrons. The minimum absolute atomic E-state index is 0.0172. The molecule has 5 rings (SSSR count). The number of fused-ring (bicyclic) bond motifs is 3. The molecule has 1 aliphatic heterocycles. The molecular weight excluding hydrogens is 332 g/mol. The number of rotatable bonds is 2. The third-order valence-electron chi connectivity index (χ3n) is 8.69. The first-order valence-electron chi connectivity index (χ1n) is 9.71. The molecule has 7 atom stereocenters. The number of Topliss-reactive ketones (excluding diaryl/α,β-unsaturated/α-hetero) is 1. The normalized spacial score (nSPS) is 53.9. The monoisotopic (exact) mass is 358 g/mol. The van der Waals surface area contributed by atoms with Crippen molar-refractivity contribution in [2.45, 2.75) is 63.3 Å². The van der Waals surface area contributed by atoms with Crippen LogP contribution >= 0.6 is 0 Å². The number of aliphatic hydroxyl groups excluding tert-OH is 1. The first-order valence-corrected chi connectivity index (χ1v) is 9.71. The average Bonchev–Trinajstić information content (AvgIpc) is 3.27. The summed E-state index contributed by atoms with van der Waals surface area (Å²) in [7, 11) is 0. The second kappa shape index (κ2) is 4.75. The highest BCUT2D eigenvalue weighted by atomic mass is 16.6. The van der Waals surface area contributed by atoms with Crippen molar-refractivity contribution >= 4 is 11.6 Å². The summed E-state index contributed by atoms with van der Waals surface area (Å²) in [5.74, 6) is 0.0355. The number of allylic oxidation sites excluding steroid dienone is 2. The van der Waals surface area contributed by atoms with E-state index in [1.54, 1.807) is 12.2 Å². The maximum Gasteiger partial charge on any atom is 0.190 e. The lowest BCUT2D eigenvalue weighted by molar-refractivity contribution is -0.159. The molecule has 0 bridgehead atoms. The molecule has 4 fully saturated rings. The largest absolute Gasteiger partial charge is 0.388 e. The predicted octanol–water partition coefficient (Wildman–Crippen LogP) is 1.72. The highest BCUT2D eigenvalue weighted by molar-refractivity contribution is 6.01. The van der Waals surface area contributed by atoms with Gasteiger partial charge in [0.25, 0.3) is 0 Å². The number of ether oxygens (including phenoxy) is 1. The minimum atomic E-state index is -1.46. The van der Waals surface area contributed by atoms with Gasteiger partial charge in [-0.2, -0.15) is 0 Å². The van der Waals surface area contributed by atoms with Gasteiger partial charge in [0.15, 0.2) is 11.6 Å². The lowest BCUT2D eigenvalue weighted by Crippen LogP contribution is -2.61. The molecule has 5 heteroatoms. The Morgan fingerprint density at radius 3 is 2.81 bits per heavy atom. The molecule has 0 amide bonds. The molecule has 1 saturated heterocycles. The molecule has 0 aromatic carbocycles. The molecule has 2 N–H and O–H groups in total. The third kappa shape index (κ3) is 1.60. The molecular formula is C21H26O5. The lowest BCUT2D eigenvalue weighted by Gasteiger charge is -2.55. The van der Waals surface area contributed by atoms with Crippen LogP contribution in [0.3, 0.4) is 0 Å². The van der Waals surface area contributed by atoms with Gasteiger partial charge >= 0.3 is 0 Å². The zero-order valence-corrected chi connectivity index (χ0v) is 15.3. The van der Waals surface area contributed by atoms with Gasteiger partial charge < -0.3 is 14.9 Å². The number of hydrogen-bond acceptors (Lipinski definition) is 5. The molecule has 4 aliphatic carbocycles.